The monoisotopic (exact) mass is 302 g/mol. The number of benzene rings is 1. The molecule has 0 amide bonds. The Labute approximate surface area is 120 Å². The summed E-state index contributed by atoms with van der Waals surface area (Å²) in [6, 6.07) is 7.10. The van der Waals surface area contributed by atoms with E-state index in [2.05, 4.69) is 4.90 Å². The van der Waals surface area contributed by atoms with Gasteiger partial charge in [0.15, 0.2) is 0 Å². The Kier molecular flexibility index (Phi) is 4.50. The highest BCUT2D eigenvalue weighted by atomic mass is 35.5. The molecule has 1 aromatic carbocycles. The van der Waals surface area contributed by atoms with Gasteiger partial charge in [-0.05, 0) is 38.2 Å². The van der Waals surface area contributed by atoms with E-state index in [-0.39, 0.29) is 0 Å². The van der Waals surface area contributed by atoms with Gasteiger partial charge in [-0.15, -0.1) is 11.6 Å². The van der Waals surface area contributed by atoms with Crippen LogP contribution in [-0.4, -0.2) is 50.8 Å². The third-order valence-corrected chi connectivity index (χ3v) is 5.76. The molecule has 0 aromatic heterocycles. The minimum absolute atomic E-state index is 0.303. The Morgan fingerprint density at radius 2 is 1.95 bits per heavy atom. The molecule has 0 aliphatic carbocycles. The Hall–Kier alpha value is -0.620. The van der Waals surface area contributed by atoms with Crippen molar-refractivity contribution in [3.8, 4) is 0 Å². The van der Waals surface area contributed by atoms with Crippen molar-refractivity contribution in [3.05, 3.63) is 29.8 Å². The van der Waals surface area contributed by atoms with E-state index in [0.29, 0.717) is 29.9 Å². The van der Waals surface area contributed by atoms with Crippen molar-refractivity contribution in [3.63, 3.8) is 0 Å². The first-order valence-corrected chi connectivity index (χ1v) is 8.24. The average molecular weight is 303 g/mol. The topological polar surface area (TPSA) is 40.6 Å². The van der Waals surface area contributed by atoms with Crippen molar-refractivity contribution < 1.29 is 8.42 Å². The normalized spacial score (nSPS) is 21.2. The van der Waals surface area contributed by atoms with Crippen molar-refractivity contribution in [2.75, 3.05) is 27.2 Å². The summed E-state index contributed by atoms with van der Waals surface area (Å²) in [5.74, 6) is 0.396. The maximum Gasteiger partial charge on any atom is 0.243 e. The van der Waals surface area contributed by atoms with Crippen LogP contribution in [-0.2, 0) is 15.9 Å². The second-order valence-corrected chi connectivity index (χ2v) is 7.25. The molecule has 106 valence electrons. The standard InChI is InChI=1S/C13H19ClN2O2S/c1-15(2)12-7-8-16(10-12)19(17,18)13-5-3-11(9-14)4-6-13/h3-6,12H,7-10H2,1-2H3. The van der Waals surface area contributed by atoms with Crippen LogP contribution in [0.2, 0.25) is 0 Å². The van der Waals surface area contributed by atoms with Crippen LogP contribution >= 0.6 is 11.6 Å². The summed E-state index contributed by atoms with van der Waals surface area (Å²) < 4.78 is 26.5. The highest BCUT2D eigenvalue weighted by Crippen LogP contribution is 2.23. The average Bonchev–Trinajstić information content (AvgIpc) is 2.89. The number of sulfonamides is 1. The van der Waals surface area contributed by atoms with E-state index in [9.17, 15) is 8.42 Å². The molecule has 0 N–H and O–H groups in total. The lowest BCUT2D eigenvalue weighted by Crippen LogP contribution is -2.34. The molecule has 1 aliphatic heterocycles. The van der Waals surface area contributed by atoms with Crippen molar-refractivity contribution in [2.45, 2.75) is 23.2 Å². The quantitative estimate of drug-likeness (QED) is 0.796. The predicted octanol–water partition coefficient (Wildman–Crippen LogP) is 1.75. The zero-order chi connectivity index (χ0) is 14.0. The Balaban J connectivity index is 2.18. The second-order valence-electron chi connectivity index (χ2n) is 5.05. The predicted molar refractivity (Wildman–Crippen MR) is 76.8 cm³/mol. The lowest BCUT2D eigenvalue weighted by Gasteiger charge is -2.20. The van der Waals surface area contributed by atoms with Crippen LogP contribution in [0.4, 0.5) is 0 Å². The number of rotatable bonds is 4. The van der Waals surface area contributed by atoms with Gasteiger partial charge in [-0.3, -0.25) is 0 Å². The van der Waals surface area contributed by atoms with Gasteiger partial charge in [0.05, 0.1) is 4.90 Å². The molecule has 1 aromatic rings. The van der Waals surface area contributed by atoms with E-state index in [1.165, 1.54) is 0 Å². The van der Waals surface area contributed by atoms with Gasteiger partial charge in [-0.2, -0.15) is 4.31 Å². The SMILES string of the molecule is CN(C)C1CCN(S(=O)(=O)c2ccc(CCl)cc2)C1. The summed E-state index contributed by atoms with van der Waals surface area (Å²) in [6.45, 7) is 1.15. The van der Waals surface area contributed by atoms with Gasteiger partial charge in [0.2, 0.25) is 10.0 Å². The third-order valence-electron chi connectivity index (χ3n) is 3.57. The molecule has 2 rings (SSSR count). The number of alkyl halides is 1. The van der Waals surface area contributed by atoms with Gasteiger partial charge in [0.25, 0.3) is 0 Å². The zero-order valence-electron chi connectivity index (χ0n) is 11.2. The minimum Gasteiger partial charge on any atom is -0.305 e. The molecule has 6 heteroatoms. The van der Waals surface area contributed by atoms with E-state index in [1.807, 2.05) is 14.1 Å². The largest absolute Gasteiger partial charge is 0.305 e. The highest BCUT2D eigenvalue weighted by Gasteiger charge is 2.33. The molecule has 4 nitrogen and oxygen atoms in total. The van der Waals surface area contributed by atoms with Crippen molar-refractivity contribution >= 4 is 21.6 Å². The van der Waals surface area contributed by atoms with Crippen molar-refractivity contribution in [1.29, 1.82) is 0 Å². The maximum atomic E-state index is 12.5. The number of likely N-dealkylation sites (N-methyl/N-ethyl adjacent to an activating group) is 1. The van der Waals surface area contributed by atoms with E-state index in [0.717, 1.165) is 12.0 Å². The summed E-state index contributed by atoms with van der Waals surface area (Å²) >= 11 is 5.71. The Morgan fingerprint density at radius 1 is 1.32 bits per heavy atom. The maximum absolute atomic E-state index is 12.5. The summed E-state index contributed by atoms with van der Waals surface area (Å²) in [5.41, 5.74) is 0.924. The van der Waals surface area contributed by atoms with Gasteiger partial charge < -0.3 is 4.90 Å². The van der Waals surface area contributed by atoms with Crippen LogP contribution in [0.25, 0.3) is 0 Å². The van der Waals surface area contributed by atoms with Gasteiger partial charge in [-0.25, -0.2) is 8.42 Å². The summed E-state index contributed by atoms with van der Waals surface area (Å²) in [6.07, 6.45) is 0.881. The lowest BCUT2D eigenvalue weighted by atomic mass is 10.2. The molecule has 19 heavy (non-hydrogen) atoms. The van der Waals surface area contributed by atoms with Gasteiger partial charge in [0, 0.05) is 25.0 Å². The molecule has 0 bridgehead atoms. The van der Waals surface area contributed by atoms with Crippen molar-refractivity contribution in [2.24, 2.45) is 0 Å². The first kappa shape index (κ1) is 14.8. The molecular weight excluding hydrogens is 284 g/mol. The van der Waals surface area contributed by atoms with Crippen LogP contribution in [0, 0.1) is 0 Å². The van der Waals surface area contributed by atoms with Crippen LogP contribution < -0.4 is 0 Å². The van der Waals surface area contributed by atoms with E-state index >= 15 is 0 Å². The van der Waals surface area contributed by atoms with Gasteiger partial charge in [-0.1, -0.05) is 12.1 Å². The minimum atomic E-state index is -3.37. The van der Waals surface area contributed by atoms with Crippen LogP contribution in [0.5, 0.6) is 0 Å². The zero-order valence-corrected chi connectivity index (χ0v) is 12.8. The summed E-state index contributed by atoms with van der Waals surface area (Å²) in [5, 5.41) is 0. The molecule has 0 saturated carbocycles. The smallest absolute Gasteiger partial charge is 0.243 e. The van der Waals surface area contributed by atoms with Crippen LogP contribution in [0.3, 0.4) is 0 Å². The molecular formula is C13H19ClN2O2S. The van der Waals surface area contributed by atoms with Crippen LogP contribution in [0.1, 0.15) is 12.0 Å². The lowest BCUT2D eigenvalue weighted by molar-refractivity contribution is 0.302. The number of hydrogen-bond acceptors (Lipinski definition) is 3. The summed E-state index contributed by atoms with van der Waals surface area (Å²) in [4.78, 5) is 2.42. The fourth-order valence-corrected chi connectivity index (χ4v) is 3.92. The van der Waals surface area contributed by atoms with Crippen LogP contribution in [0.15, 0.2) is 29.2 Å². The first-order chi connectivity index (χ1) is 8.95. The van der Waals surface area contributed by atoms with Gasteiger partial charge in [0.1, 0.15) is 0 Å². The third kappa shape index (κ3) is 3.11. The molecule has 1 unspecified atom stereocenters. The van der Waals surface area contributed by atoms with E-state index in [4.69, 9.17) is 11.6 Å². The van der Waals surface area contributed by atoms with Crippen molar-refractivity contribution in [1.82, 2.24) is 9.21 Å². The second kappa shape index (κ2) is 5.79. The van der Waals surface area contributed by atoms with E-state index < -0.39 is 10.0 Å². The van der Waals surface area contributed by atoms with E-state index in [1.54, 1.807) is 28.6 Å². The summed E-state index contributed by atoms with van der Waals surface area (Å²) in [7, 11) is 0.598. The Bertz CT molecular complexity index is 528. The fourth-order valence-electron chi connectivity index (χ4n) is 2.25. The molecule has 1 atom stereocenters. The van der Waals surface area contributed by atoms with Gasteiger partial charge >= 0.3 is 0 Å². The molecule has 1 heterocycles. The number of halogens is 1. The molecule has 1 fully saturated rings. The Morgan fingerprint density at radius 3 is 2.42 bits per heavy atom. The molecule has 0 radical (unpaired) electrons. The first-order valence-electron chi connectivity index (χ1n) is 6.26. The molecule has 0 spiro atoms. The fraction of sp³-hybridized carbons (Fsp3) is 0.538. The molecule has 1 aliphatic rings. The molecule has 1 saturated heterocycles. The number of nitrogens with zero attached hydrogens (tertiary/aromatic N) is 2. The number of hydrogen-bond donors (Lipinski definition) is 0. The highest BCUT2D eigenvalue weighted by molar-refractivity contribution is 7.89.